The van der Waals surface area contributed by atoms with E-state index in [0.717, 1.165) is 19.5 Å². The number of hydrogen-bond acceptors (Lipinski definition) is 4. The molecule has 2 unspecified atom stereocenters. The molecular weight excluding hydrogens is 180 g/mol. The van der Waals surface area contributed by atoms with Gasteiger partial charge >= 0.3 is 0 Å². The Labute approximate surface area is 84.8 Å². The van der Waals surface area contributed by atoms with Crippen LogP contribution < -0.4 is 17.0 Å². The van der Waals surface area contributed by atoms with E-state index in [4.69, 9.17) is 11.6 Å². The molecule has 5 N–H and O–H groups in total. The quantitative estimate of drug-likeness (QED) is 0.311. The SMILES string of the molecule is CN1CCCC(C(N)CC(=O)NN)C1. The van der Waals surface area contributed by atoms with E-state index >= 15 is 0 Å². The molecule has 1 rings (SSSR count). The lowest BCUT2D eigenvalue weighted by Crippen LogP contribution is -2.45. The van der Waals surface area contributed by atoms with Gasteiger partial charge in [-0.1, -0.05) is 0 Å². The van der Waals surface area contributed by atoms with Gasteiger partial charge in [0, 0.05) is 19.0 Å². The van der Waals surface area contributed by atoms with Crippen LogP contribution in [0.15, 0.2) is 0 Å². The highest BCUT2D eigenvalue weighted by atomic mass is 16.2. The van der Waals surface area contributed by atoms with E-state index in [1.54, 1.807) is 0 Å². The molecule has 1 aliphatic heterocycles. The molecule has 1 aliphatic rings. The van der Waals surface area contributed by atoms with Crippen molar-refractivity contribution < 1.29 is 4.79 Å². The molecule has 14 heavy (non-hydrogen) atoms. The van der Waals surface area contributed by atoms with Crippen LogP contribution in [0.2, 0.25) is 0 Å². The van der Waals surface area contributed by atoms with Crippen molar-refractivity contribution in [2.45, 2.75) is 25.3 Å². The van der Waals surface area contributed by atoms with Crippen LogP contribution in [0.1, 0.15) is 19.3 Å². The number of nitrogens with two attached hydrogens (primary N) is 2. The number of rotatable bonds is 3. The molecule has 0 spiro atoms. The highest BCUT2D eigenvalue weighted by molar-refractivity contribution is 5.75. The summed E-state index contributed by atoms with van der Waals surface area (Å²) in [5.74, 6) is 5.26. The Kier molecular flexibility index (Phi) is 4.31. The summed E-state index contributed by atoms with van der Waals surface area (Å²) in [6.07, 6.45) is 2.61. The predicted octanol–water partition coefficient (Wildman–Crippen LogP) is -0.964. The number of likely N-dealkylation sites (tertiary alicyclic amines) is 1. The number of hydrazine groups is 1. The zero-order chi connectivity index (χ0) is 10.6. The van der Waals surface area contributed by atoms with Crippen molar-refractivity contribution in [3.8, 4) is 0 Å². The molecule has 1 heterocycles. The van der Waals surface area contributed by atoms with Gasteiger partial charge in [-0.3, -0.25) is 10.2 Å². The van der Waals surface area contributed by atoms with Crippen LogP contribution in [-0.4, -0.2) is 37.0 Å². The van der Waals surface area contributed by atoms with Crippen molar-refractivity contribution in [3.05, 3.63) is 0 Å². The summed E-state index contributed by atoms with van der Waals surface area (Å²) in [6, 6.07) is -0.0682. The molecule has 1 amide bonds. The van der Waals surface area contributed by atoms with E-state index in [2.05, 4.69) is 17.4 Å². The van der Waals surface area contributed by atoms with E-state index in [9.17, 15) is 4.79 Å². The number of carbonyl (C=O) groups is 1. The van der Waals surface area contributed by atoms with E-state index in [1.165, 1.54) is 6.42 Å². The molecule has 2 atom stereocenters. The predicted molar refractivity (Wildman–Crippen MR) is 55.1 cm³/mol. The number of nitrogens with one attached hydrogen (secondary N) is 1. The third-order valence-electron chi connectivity index (χ3n) is 2.85. The number of piperidine rings is 1. The Bertz CT molecular complexity index is 197. The molecule has 0 radical (unpaired) electrons. The number of nitrogens with zero attached hydrogens (tertiary/aromatic N) is 1. The zero-order valence-corrected chi connectivity index (χ0v) is 8.70. The minimum absolute atomic E-state index is 0.0682. The van der Waals surface area contributed by atoms with Gasteiger partial charge in [-0.2, -0.15) is 0 Å². The topological polar surface area (TPSA) is 84.4 Å². The fourth-order valence-electron chi connectivity index (χ4n) is 2.00. The average molecular weight is 200 g/mol. The van der Waals surface area contributed by atoms with Crippen molar-refractivity contribution in [2.75, 3.05) is 20.1 Å². The molecule has 82 valence electrons. The molecule has 0 aromatic rings. The van der Waals surface area contributed by atoms with Gasteiger partial charge in [0.05, 0.1) is 0 Å². The maximum Gasteiger partial charge on any atom is 0.235 e. The lowest BCUT2D eigenvalue weighted by Gasteiger charge is -2.33. The third kappa shape index (κ3) is 3.25. The second-order valence-corrected chi connectivity index (χ2v) is 4.10. The monoisotopic (exact) mass is 200 g/mol. The third-order valence-corrected chi connectivity index (χ3v) is 2.85. The number of amides is 1. The maximum absolute atomic E-state index is 11.0. The first-order valence-corrected chi connectivity index (χ1v) is 5.07. The molecule has 0 saturated carbocycles. The van der Waals surface area contributed by atoms with Gasteiger partial charge in [-0.15, -0.1) is 0 Å². The molecule has 0 aromatic heterocycles. The highest BCUT2D eigenvalue weighted by Gasteiger charge is 2.24. The van der Waals surface area contributed by atoms with E-state index in [-0.39, 0.29) is 11.9 Å². The number of hydrogen-bond donors (Lipinski definition) is 3. The summed E-state index contributed by atoms with van der Waals surface area (Å²) < 4.78 is 0. The smallest absolute Gasteiger partial charge is 0.235 e. The summed E-state index contributed by atoms with van der Waals surface area (Å²) in [4.78, 5) is 13.3. The summed E-state index contributed by atoms with van der Waals surface area (Å²) in [6.45, 7) is 2.12. The minimum Gasteiger partial charge on any atom is -0.327 e. The first kappa shape index (κ1) is 11.4. The van der Waals surface area contributed by atoms with Crippen molar-refractivity contribution in [1.29, 1.82) is 0 Å². The summed E-state index contributed by atoms with van der Waals surface area (Å²) in [5.41, 5.74) is 8.06. The first-order chi connectivity index (χ1) is 6.63. The van der Waals surface area contributed by atoms with Gasteiger partial charge in [0.1, 0.15) is 0 Å². The van der Waals surface area contributed by atoms with Crippen LogP contribution in [0.5, 0.6) is 0 Å². The Balaban J connectivity index is 2.35. The van der Waals surface area contributed by atoms with E-state index in [1.807, 2.05) is 0 Å². The van der Waals surface area contributed by atoms with Crippen molar-refractivity contribution in [2.24, 2.45) is 17.5 Å². The number of carbonyl (C=O) groups excluding carboxylic acids is 1. The van der Waals surface area contributed by atoms with Gasteiger partial charge in [0.15, 0.2) is 0 Å². The summed E-state index contributed by atoms with van der Waals surface area (Å²) in [5, 5.41) is 0. The lowest BCUT2D eigenvalue weighted by atomic mass is 9.89. The van der Waals surface area contributed by atoms with Crippen LogP contribution in [0.25, 0.3) is 0 Å². The lowest BCUT2D eigenvalue weighted by molar-refractivity contribution is -0.121. The van der Waals surface area contributed by atoms with Gasteiger partial charge in [-0.05, 0) is 32.4 Å². The standard InChI is InChI=1S/C9H20N4O/c1-13-4-2-3-7(6-13)8(10)5-9(14)12-11/h7-8H,2-6,10-11H2,1H3,(H,12,14). The molecule has 5 heteroatoms. The van der Waals surface area contributed by atoms with Crippen LogP contribution >= 0.6 is 0 Å². The van der Waals surface area contributed by atoms with Crippen molar-refractivity contribution in [1.82, 2.24) is 10.3 Å². The average Bonchev–Trinajstić information content (AvgIpc) is 2.17. The van der Waals surface area contributed by atoms with E-state index in [0.29, 0.717) is 12.3 Å². The van der Waals surface area contributed by atoms with Crippen LogP contribution in [0.4, 0.5) is 0 Å². The molecule has 0 bridgehead atoms. The fourth-order valence-corrected chi connectivity index (χ4v) is 2.00. The Morgan fingerprint density at radius 3 is 3.00 bits per heavy atom. The van der Waals surface area contributed by atoms with Gasteiger partial charge < -0.3 is 10.6 Å². The first-order valence-electron chi connectivity index (χ1n) is 5.07. The molecule has 1 fully saturated rings. The van der Waals surface area contributed by atoms with Crippen molar-refractivity contribution >= 4 is 5.91 Å². The zero-order valence-electron chi connectivity index (χ0n) is 8.70. The highest BCUT2D eigenvalue weighted by Crippen LogP contribution is 2.18. The van der Waals surface area contributed by atoms with Crippen LogP contribution in [0, 0.1) is 5.92 Å². The maximum atomic E-state index is 11.0. The second-order valence-electron chi connectivity index (χ2n) is 4.10. The summed E-state index contributed by atoms with van der Waals surface area (Å²) >= 11 is 0. The largest absolute Gasteiger partial charge is 0.327 e. The fraction of sp³-hybridized carbons (Fsp3) is 0.889. The molecule has 0 aliphatic carbocycles. The van der Waals surface area contributed by atoms with Crippen LogP contribution in [-0.2, 0) is 4.79 Å². The normalized spacial score (nSPS) is 25.8. The van der Waals surface area contributed by atoms with Gasteiger partial charge in [-0.25, -0.2) is 5.84 Å². The molecule has 1 saturated heterocycles. The molecule has 0 aromatic carbocycles. The second kappa shape index (κ2) is 5.29. The Morgan fingerprint density at radius 2 is 2.43 bits per heavy atom. The molecule has 5 nitrogen and oxygen atoms in total. The van der Waals surface area contributed by atoms with Gasteiger partial charge in [0.2, 0.25) is 5.91 Å². The van der Waals surface area contributed by atoms with Gasteiger partial charge in [0.25, 0.3) is 0 Å². The van der Waals surface area contributed by atoms with E-state index < -0.39 is 0 Å². The van der Waals surface area contributed by atoms with Crippen LogP contribution in [0.3, 0.4) is 0 Å². The molecular formula is C9H20N4O. The Morgan fingerprint density at radius 1 is 1.71 bits per heavy atom. The minimum atomic E-state index is -0.175. The summed E-state index contributed by atoms with van der Waals surface area (Å²) in [7, 11) is 2.09. The van der Waals surface area contributed by atoms with Crippen molar-refractivity contribution in [3.63, 3.8) is 0 Å². The Hall–Kier alpha value is -0.650.